The van der Waals surface area contributed by atoms with E-state index in [1.807, 2.05) is 0 Å². The van der Waals surface area contributed by atoms with Gasteiger partial charge in [-0.25, -0.2) is 18.7 Å². The number of hydrogen-bond acceptors (Lipinski definition) is 4. The van der Waals surface area contributed by atoms with Gasteiger partial charge in [-0.3, -0.25) is 0 Å². The van der Waals surface area contributed by atoms with Crippen molar-refractivity contribution in [3.05, 3.63) is 83.7 Å². The Balaban J connectivity index is 1.62. The van der Waals surface area contributed by atoms with Gasteiger partial charge in [0.15, 0.2) is 0 Å². The third-order valence-electron chi connectivity index (χ3n) is 3.50. The van der Waals surface area contributed by atoms with Crippen LogP contribution in [0.1, 0.15) is 11.1 Å². The SMILES string of the molecule is Fc1ccccc1CNc1cc(NCc2ccccc2F)ncn1. The first-order chi connectivity index (χ1) is 11.7. The van der Waals surface area contributed by atoms with Gasteiger partial charge in [-0.2, -0.15) is 0 Å². The van der Waals surface area contributed by atoms with Gasteiger partial charge in [-0.15, -0.1) is 0 Å². The van der Waals surface area contributed by atoms with Crippen LogP contribution in [0.25, 0.3) is 0 Å². The van der Waals surface area contributed by atoms with Gasteiger partial charge in [0.1, 0.15) is 29.6 Å². The van der Waals surface area contributed by atoms with Gasteiger partial charge < -0.3 is 10.6 Å². The predicted molar refractivity (Wildman–Crippen MR) is 89.5 cm³/mol. The predicted octanol–water partition coefficient (Wildman–Crippen LogP) is 3.98. The highest BCUT2D eigenvalue weighted by atomic mass is 19.1. The average Bonchev–Trinajstić information content (AvgIpc) is 2.61. The van der Waals surface area contributed by atoms with Crippen molar-refractivity contribution in [1.29, 1.82) is 0 Å². The van der Waals surface area contributed by atoms with Gasteiger partial charge in [-0.1, -0.05) is 36.4 Å². The van der Waals surface area contributed by atoms with Crippen LogP contribution >= 0.6 is 0 Å². The van der Waals surface area contributed by atoms with Crippen LogP contribution in [-0.2, 0) is 13.1 Å². The highest BCUT2D eigenvalue weighted by Gasteiger charge is 2.04. The van der Waals surface area contributed by atoms with Crippen molar-refractivity contribution in [2.24, 2.45) is 0 Å². The molecule has 3 aromatic rings. The van der Waals surface area contributed by atoms with E-state index in [2.05, 4.69) is 20.6 Å². The molecule has 0 saturated carbocycles. The number of hydrogen-bond donors (Lipinski definition) is 2. The molecule has 3 rings (SSSR count). The van der Waals surface area contributed by atoms with E-state index in [0.29, 0.717) is 35.9 Å². The van der Waals surface area contributed by atoms with Crippen LogP contribution in [0.15, 0.2) is 60.9 Å². The standard InChI is InChI=1S/C18H16F2N4/c19-15-7-3-1-5-13(15)10-21-17-9-18(24-12-23-17)22-11-14-6-2-4-8-16(14)20/h1-9,12H,10-11H2,(H2,21,22,23,24). The van der Waals surface area contributed by atoms with Gasteiger partial charge in [0.25, 0.3) is 0 Å². The lowest BCUT2D eigenvalue weighted by Gasteiger charge is -2.09. The molecule has 0 radical (unpaired) electrons. The molecular formula is C18H16F2N4. The largest absolute Gasteiger partial charge is 0.366 e. The maximum Gasteiger partial charge on any atom is 0.131 e. The summed E-state index contributed by atoms with van der Waals surface area (Å²) < 4.78 is 27.2. The van der Waals surface area contributed by atoms with Crippen LogP contribution in [0.3, 0.4) is 0 Å². The summed E-state index contributed by atoms with van der Waals surface area (Å²) in [6, 6.07) is 14.8. The lowest BCUT2D eigenvalue weighted by molar-refractivity contribution is 0.612. The van der Waals surface area contributed by atoms with Gasteiger partial charge in [0, 0.05) is 30.3 Å². The zero-order chi connectivity index (χ0) is 16.8. The van der Waals surface area contributed by atoms with E-state index in [4.69, 9.17) is 0 Å². The first kappa shape index (κ1) is 15.9. The Morgan fingerprint density at radius 1 is 0.708 bits per heavy atom. The summed E-state index contributed by atoms with van der Waals surface area (Å²) in [7, 11) is 0. The lowest BCUT2D eigenvalue weighted by Crippen LogP contribution is -2.06. The van der Waals surface area contributed by atoms with Crippen molar-refractivity contribution in [2.45, 2.75) is 13.1 Å². The molecule has 2 aromatic carbocycles. The Morgan fingerprint density at radius 3 is 1.62 bits per heavy atom. The quantitative estimate of drug-likeness (QED) is 0.719. The summed E-state index contributed by atoms with van der Waals surface area (Å²) in [5.41, 5.74) is 1.11. The molecular weight excluding hydrogens is 310 g/mol. The van der Waals surface area contributed by atoms with E-state index >= 15 is 0 Å². The molecule has 1 heterocycles. The minimum atomic E-state index is -0.267. The zero-order valence-corrected chi connectivity index (χ0v) is 12.8. The van der Waals surface area contributed by atoms with Crippen molar-refractivity contribution in [3.8, 4) is 0 Å². The molecule has 2 N–H and O–H groups in total. The fourth-order valence-corrected chi connectivity index (χ4v) is 2.21. The number of anilines is 2. The topological polar surface area (TPSA) is 49.8 Å². The maximum absolute atomic E-state index is 13.6. The molecule has 0 saturated heterocycles. The molecule has 0 spiro atoms. The maximum atomic E-state index is 13.6. The Morgan fingerprint density at radius 2 is 1.17 bits per heavy atom. The Kier molecular flexibility index (Phi) is 4.96. The third-order valence-corrected chi connectivity index (χ3v) is 3.50. The fraction of sp³-hybridized carbons (Fsp3) is 0.111. The molecule has 0 amide bonds. The molecule has 0 fully saturated rings. The van der Waals surface area contributed by atoms with E-state index in [1.165, 1.54) is 18.5 Å². The number of rotatable bonds is 6. The average molecular weight is 326 g/mol. The summed E-state index contributed by atoms with van der Waals surface area (Å²) >= 11 is 0. The van der Waals surface area contributed by atoms with Gasteiger partial charge in [0.2, 0.25) is 0 Å². The smallest absolute Gasteiger partial charge is 0.131 e. The summed E-state index contributed by atoms with van der Waals surface area (Å²) in [6.45, 7) is 0.632. The van der Waals surface area contributed by atoms with Crippen LogP contribution < -0.4 is 10.6 Å². The summed E-state index contributed by atoms with van der Waals surface area (Å²) in [5.74, 6) is 0.586. The number of nitrogens with one attached hydrogen (secondary N) is 2. The van der Waals surface area contributed by atoms with E-state index in [1.54, 1.807) is 42.5 Å². The summed E-state index contributed by atoms with van der Waals surface area (Å²) in [5, 5.41) is 6.09. The van der Waals surface area contributed by atoms with Crippen molar-refractivity contribution in [2.75, 3.05) is 10.6 Å². The highest BCUT2D eigenvalue weighted by molar-refractivity contribution is 5.47. The molecule has 0 aliphatic heterocycles. The highest BCUT2D eigenvalue weighted by Crippen LogP contribution is 2.14. The first-order valence-electron chi connectivity index (χ1n) is 7.49. The molecule has 6 heteroatoms. The molecule has 0 atom stereocenters. The number of nitrogens with zero attached hydrogens (tertiary/aromatic N) is 2. The Bertz CT molecular complexity index is 759. The Hall–Kier alpha value is -3.02. The number of benzene rings is 2. The van der Waals surface area contributed by atoms with Crippen molar-refractivity contribution < 1.29 is 8.78 Å². The van der Waals surface area contributed by atoms with Gasteiger partial charge in [0.05, 0.1) is 0 Å². The molecule has 0 bridgehead atoms. The Labute approximate surface area is 138 Å². The van der Waals surface area contributed by atoms with E-state index < -0.39 is 0 Å². The summed E-state index contributed by atoms with van der Waals surface area (Å²) in [4.78, 5) is 8.20. The van der Waals surface area contributed by atoms with Crippen LogP contribution in [0, 0.1) is 11.6 Å². The van der Waals surface area contributed by atoms with Crippen molar-refractivity contribution in [1.82, 2.24) is 9.97 Å². The van der Waals surface area contributed by atoms with Gasteiger partial charge >= 0.3 is 0 Å². The molecule has 122 valence electrons. The molecule has 0 unspecified atom stereocenters. The van der Waals surface area contributed by atoms with E-state index in [-0.39, 0.29) is 11.6 Å². The van der Waals surface area contributed by atoms with Gasteiger partial charge in [-0.05, 0) is 12.1 Å². The monoisotopic (exact) mass is 326 g/mol. The van der Waals surface area contributed by atoms with E-state index in [9.17, 15) is 8.78 Å². The summed E-state index contributed by atoms with van der Waals surface area (Å²) in [6.07, 6.45) is 1.40. The number of aromatic nitrogens is 2. The first-order valence-corrected chi connectivity index (χ1v) is 7.49. The van der Waals surface area contributed by atoms with E-state index in [0.717, 1.165) is 0 Å². The molecule has 24 heavy (non-hydrogen) atoms. The zero-order valence-electron chi connectivity index (χ0n) is 12.8. The van der Waals surface area contributed by atoms with Crippen LogP contribution in [0.5, 0.6) is 0 Å². The van der Waals surface area contributed by atoms with Crippen molar-refractivity contribution in [3.63, 3.8) is 0 Å². The fourth-order valence-electron chi connectivity index (χ4n) is 2.21. The van der Waals surface area contributed by atoms with Crippen LogP contribution in [-0.4, -0.2) is 9.97 Å². The van der Waals surface area contributed by atoms with Crippen molar-refractivity contribution >= 4 is 11.6 Å². The van der Waals surface area contributed by atoms with Crippen LogP contribution in [0.2, 0.25) is 0 Å². The molecule has 4 nitrogen and oxygen atoms in total. The molecule has 0 aliphatic carbocycles. The second-order valence-electron chi connectivity index (χ2n) is 5.18. The minimum absolute atomic E-state index is 0.267. The third kappa shape index (κ3) is 4.04. The second-order valence-corrected chi connectivity index (χ2v) is 5.18. The lowest BCUT2D eigenvalue weighted by atomic mass is 10.2. The number of halogens is 2. The minimum Gasteiger partial charge on any atom is -0.366 e. The normalized spacial score (nSPS) is 10.4. The molecule has 1 aromatic heterocycles. The molecule has 0 aliphatic rings. The second kappa shape index (κ2) is 7.50. The van der Waals surface area contributed by atoms with Crippen LogP contribution in [0.4, 0.5) is 20.4 Å².